The molecule has 0 spiro atoms. The number of aryl methyl sites for hydroxylation is 2. The molecule has 1 amide bonds. The number of carbonyl (C=O) groups is 2. The molecule has 1 fully saturated rings. The number of aromatic nitrogens is 1. The van der Waals surface area contributed by atoms with E-state index in [4.69, 9.17) is 14.4 Å². The molecule has 0 aliphatic heterocycles. The molecule has 0 unspecified atom stereocenters. The molecule has 27 heavy (non-hydrogen) atoms. The number of amides is 1. The largest absolute Gasteiger partial charge is 0.489 e. The molecule has 2 aromatic rings. The second kappa shape index (κ2) is 8.24. The van der Waals surface area contributed by atoms with Crippen LogP contribution in [0.25, 0.3) is 0 Å². The molecule has 2 atom stereocenters. The van der Waals surface area contributed by atoms with Gasteiger partial charge in [-0.3, -0.25) is 9.59 Å². The van der Waals surface area contributed by atoms with Gasteiger partial charge in [0.25, 0.3) is 0 Å². The smallest absolute Gasteiger partial charge is 0.306 e. The highest BCUT2D eigenvalue weighted by atomic mass is 16.5. The van der Waals surface area contributed by atoms with E-state index in [1.54, 1.807) is 0 Å². The van der Waals surface area contributed by atoms with Gasteiger partial charge in [0.15, 0.2) is 0 Å². The highest BCUT2D eigenvalue weighted by Gasteiger charge is 2.30. The fourth-order valence-corrected chi connectivity index (χ4v) is 3.37. The number of rotatable bonds is 7. The summed E-state index contributed by atoms with van der Waals surface area (Å²) in [5.41, 5.74) is 2.64. The van der Waals surface area contributed by atoms with Crippen molar-refractivity contribution in [3.63, 3.8) is 0 Å². The van der Waals surface area contributed by atoms with E-state index < -0.39 is 5.97 Å². The number of benzene rings is 1. The van der Waals surface area contributed by atoms with Crippen LogP contribution in [-0.4, -0.2) is 28.2 Å². The van der Waals surface area contributed by atoms with Crippen molar-refractivity contribution in [2.24, 2.45) is 5.92 Å². The Kier molecular flexibility index (Phi) is 5.78. The number of ether oxygens (including phenoxy) is 1. The number of hydrogen-bond donors (Lipinski definition) is 2. The first kappa shape index (κ1) is 18.9. The molecule has 3 rings (SSSR count). The Morgan fingerprint density at radius 3 is 2.59 bits per heavy atom. The first-order valence-electron chi connectivity index (χ1n) is 9.08. The van der Waals surface area contributed by atoms with Gasteiger partial charge < -0.3 is 19.7 Å². The molecule has 1 aromatic carbocycles. The fraction of sp³-hybridized carbons (Fsp3) is 0.450. The van der Waals surface area contributed by atoms with Crippen molar-refractivity contribution in [1.29, 1.82) is 0 Å². The van der Waals surface area contributed by atoms with Crippen LogP contribution in [0.15, 0.2) is 28.8 Å². The van der Waals surface area contributed by atoms with Gasteiger partial charge in [-0.15, -0.1) is 0 Å². The molecular formula is C20H24N2O5. The number of aliphatic carboxylic acids is 1. The van der Waals surface area contributed by atoms with Crippen LogP contribution in [-0.2, 0) is 22.6 Å². The summed E-state index contributed by atoms with van der Waals surface area (Å²) in [5, 5.41) is 15.9. The lowest BCUT2D eigenvalue weighted by molar-refractivity contribution is -0.141. The maximum atomic E-state index is 12.2. The molecule has 1 aromatic heterocycles. The monoisotopic (exact) mass is 372 g/mol. The van der Waals surface area contributed by atoms with Gasteiger partial charge in [-0.2, -0.15) is 0 Å². The van der Waals surface area contributed by atoms with E-state index in [9.17, 15) is 9.59 Å². The number of hydrogen-bond acceptors (Lipinski definition) is 5. The van der Waals surface area contributed by atoms with E-state index in [0.29, 0.717) is 25.2 Å². The number of carboxylic acids is 1. The first-order valence-corrected chi connectivity index (χ1v) is 9.08. The standard InChI is InChI=1S/C20H24N2O5/c1-12-18(13(2)27-22-12)11-26-17-7-3-14(4-8-17)9-19(23)21-16-6-5-15(10-16)20(24)25/h3-4,7-8,15-16H,5-6,9-11H2,1-2H3,(H,21,23)(H,24,25)/t15-,16+/m0/s1. The van der Waals surface area contributed by atoms with Crippen molar-refractivity contribution < 1.29 is 24.0 Å². The summed E-state index contributed by atoms with van der Waals surface area (Å²) in [7, 11) is 0. The van der Waals surface area contributed by atoms with Crippen LogP contribution < -0.4 is 10.1 Å². The van der Waals surface area contributed by atoms with Gasteiger partial charge in [0.1, 0.15) is 18.1 Å². The van der Waals surface area contributed by atoms with E-state index in [1.807, 2.05) is 38.1 Å². The van der Waals surface area contributed by atoms with Gasteiger partial charge in [-0.25, -0.2) is 0 Å². The van der Waals surface area contributed by atoms with E-state index in [1.165, 1.54) is 0 Å². The molecule has 2 N–H and O–H groups in total. The van der Waals surface area contributed by atoms with Gasteiger partial charge in [0, 0.05) is 6.04 Å². The summed E-state index contributed by atoms with van der Waals surface area (Å²) < 4.78 is 10.9. The zero-order valence-corrected chi connectivity index (χ0v) is 15.5. The van der Waals surface area contributed by atoms with Gasteiger partial charge in [-0.1, -0.05) is 17.3 Å². The Morgan fingerprint density at radius 2 is 2.00 bits per heavy atom. The van der Waals surface area contributed by atoms with Gasteiger partial charge in [0.05, 0.1) is 23.6 Å². The van der Waals surface area contributed by atoms with Crippen LogP contribution in [0.4, 0.5) is 0 Å². The quantitative estimate of drug-likeness (QED) is 0.775. The summed E-state index contributed by atoms with van der Waals surface area (Å²) in [6.45, 7) is 4.11. The zero-order valence-electron chi connectivity index (χ0n) is 15.5. The van der Waals surface area contributed by atoms with Crippen molar-refractivity contribution in [2.75, 3.05) is 0 Å². The average molecular weight is 372 g/mol. The van der Waals surface area contributed by atoms with Crippen LogP contribution >= 0.6 is 0 Å². The predicted octanol–water partition coefficient (Wildman–Crippen LogP) is 2.78. The molecule has 1 heterocycles. The maximum Gasteiger partial charge on any atom is 0.306 e. The lowest BCUT2D eigenvalue weighted by Gasteiger charge is -2.12. The second-order valence-electron chi connectivity index (χ2n) is 7.02. The average Bonchev–Trinajstić information content (AvgIpc) is 3.22. The predicted molar refractivity (Wildman–Crippen MR) is 97.4 cm³/mol. The fourth-order valence-electron chi connectivity index (χ4n) is 3.37. The van der Waals surface area contributed by atoms with Crippen molar-refractivity contribution in [2.45, 2.75) is 52.2 Å². The summed E-state index contributed by atoms with van der Waals surface area (Å²) in [4.78, 5) is 23.2. The SMILES string of the molecule is Cc1noc(C)c1COc1ccc(CC(=O)N[C@@H]2CC[C@H](C(=O)O)C2)cc1. The Morgan fingerprint density at radius 1 is 1.26 bits per heavy atom. The van der Waals surface area contributed by atoms with Crippen molar-refractivity contribution in [1.82, 2.24) is 10.5 Å². The Hall–Kier alpha value is -2.83. The highest BCUT2D eigenvalue weighted by Crippen LogP contribution is 2.25. The van der Waals surface area contributed by atoms with Gasteiger partial charge >= 0.3 is 5.97 Å². The molecule has 1 aliphatic rings. The van der Waals surface area contributed by atoms with Crippen molar-refractivity contribution in [3.05, 3.63) is 46.8 Å². The number of nitrogens with zero attached hydrogens (tertiary/aromatic N) is 1. The maximum absolute atomic E-state index is 12.2. The molecular weight excluding hydrogens is 348 g/mol. The first-order chi connectivity index (χ1) is 12.9. The molecule has 144 valence electrons. The van der Waals surface area contributed by atoms with Crippen LogP contribution in [0.5, 0.6) is 5.75 Å². The molecule has 1 saturated carbocycles. The summed E-state index contributed by atoms with van der Waals surface area (Å²) in [6.07, 6.45) is 2.11. The number of carboxylic acid groups (broad SMARTS) is 1. The van der Waals surface area contributed by atoms with Crippen LogP contribution in [0, 0.1) is 19.8 Å². The highest BCUT2D eigenvalue weighted by molar-refractivity contribution is 5.79. The summed E-state index contributed by atoms with van der Waals surface area (Å²) in [6, 6.07) is 7.33. The molecule has 0 saturated heterocycles. The number of carbonyl (C=O) groups excluding carboxylic acids is 1. The van der Waals surface area contributed by atoms with E-state index in [-0.39, 0.29) is 24.3 Å². The topological polar surface area (TPSA) is 102 Å². The third kappa shape index (κ3) is 4.87. The normalized spacial score (nSPS) is 19.0. The van der Waals surface area contributed by atoms with E-state index >= 15 is 0 Å². The zero-order chi connectivity index (χ0) is 19.4. The minimum atomic E-state index is -0.779. The minimum Gasteiger partial charge on any atom is -0.489 e. The lowest BCUT2D eigenvalue weighted by Crippen LogP contribution is -2.34. The van der Waals surface area contributed by atoms with Gasteiger partial charge in [-0.05, 0) is 50.8 Å². The molecule has 7 heteroatoms. The molecule has 0 bridgehead atoms. The lowest BCUT2D eigenvalue weighted by atomic mass is 10.1. The van der Waals surface area contributed by atoms with Crippen molar-refractivity contribution >= 4 is 11.9 Å². The molecule has 7 nitrogen and oxygen atoms in total. The third-order valence-electron chi connectivity index (χ3n) is 5.00. The van der Waals surface area contributed by atoms with E-state index in [0.717, 1.165) is 29.0 Å². The number of nitrogens with one attached hydrogen (secondary N) is 1. The minimum absolute atomic E-state index is 0.0451. The van der Waals surface area contributed by atoms with E-state index in [2.05, 4.69) is 10.5 Å². The summed E-state index contributed by atoms with van der Waals surface area (Å²) in [5.74, 6) is 0.246. The molecule has 0 radical (unpaired) electrons. The second-order valence-corrected chi connectivity index (χ2v) is 7.02. The Balaban J connectivity index is 1.47. The summed E-state index contributed by atoms with van der Waals surface area (Å²) >= 11 is 0. The van der Waals surface area contributed by atoms with Crippen molar-refractivity contribution in [3.8, 4) is 5.75 Å². The van der Waals surface area contributed by atoms with Gasteiger partial charge in [0.2, 0.25) is 5.91 Å². The van der Waals surface area contributed by atoms with Crippen LogP contribution in [0.2, 0.25) is 0 Å². The third-order valence-corrected chi connectivity index (χ3v) is 5.00. The Bertz CT molecular complexity index is 793. The van der Waals surface area contributed by atoms with Crippen LogP contribution in [0.1, 0.15) is 41.8 Å². The van der Waals surface area contributed by atoms with Crippen LogP contribution in [0.3, 0.4) is 0 Å². The Labute approximate surface area is 157 Å². The molecule has 1 aliphatic carbocycles.